The molecule has 1 aromatic rings. The first-order valence-electron chi connectivity index (χ1n) is 6.14. The molecule has 1 fully saturated rings. The molecule has 0 radical (unpaired) electrons. The molecule has 0 aromatic heterocycles. The molecule has 0 aliphatic heterocycles. The van der Waals surface area contributed by atoms with Crippen LogP contribution in [0.1, 0.15) is 31.7 Å². The van der Waals surface area contributed by atoms with Gasteiger partial charge in [-0.05, 0) is 49.1 Å². The highest BCUT2D eigenvalue weighted by Gasteiger charge is 2.27. The fourth-order valence-corrected chi connectivity index (χ4v) is 3.31. The Balaban J connectivity index is 2.08. The number of hydrogen-bond acceptors (Lipinski definition) is 0. The first-order chi connectivity index (χ1) is 8.06. The molecule has 1 aliphatic carbocycles. The van der Waals surface area contributed by atoms with E-state index in [2.05, 4.69) is 22.9 Å². The topological polar surface area (TPSA) is 0 Å². The fraction of sp³-hybridized carbons (Fsp3) is 0.571. The predicted molar refractivity (Wildman–Crippen MR) is 69.3 cm³/mol. The Morgan fingerprint density at radius 2 is 2.06 bits per heavy atom. The SMILES string of the molecule is CC1CCC(Br)C(Cc2ccc(F)cc2F)C1. The first-order valence-corrected chi connectivity index (χ1v) is 7.06. The van der Waals surface area contributed by atoms with Crippen LogP contribution in [0.15, 0.2) is 18.2 Å². The Morgan fingerprint density at radius 3 is 2.76 bits per heavy atom. The van der Waals surface area contributed by atoms with E-state index in [9.17, 15) is 8.78 Å². The van der Waals surface area contributed by atoms with Crippen LogP contribution >= 0.6 is 15.9 Å². The quantitative estimate of drug-likeness (QED) is 0.694. The normalized spacial score (nSPS) is 29.3. The Labute approximate surface area is 110 Å². The minimum absolute atomic E-state index is 0.414. The maximum Gasteiger partial charge on any atom is 0.129 e. The molecule has 3 unspecified atom stereocenters. The lowest BCUT2D eigenvalue weighted by Crippen LogP contribution is -2.25. The van der Waals surface area contributed by atoms with Crippen molar-refractivity contribution in [3.8, 4) is 0 Å². The van der Waals surface area contributed by atoms with Crippen molar-refractivity contribution < 1.29 is 8.78 Å². The largest absolute Gasteiger partial charge is 0.207 e. The van der Waals surface area contributed by atoms with Gasteiger partial charge in [-0.2, -0.15) is 0 Å². The molecular formula is C14H17BrF2. The third kappa shape index (κ3) is 3.27. The van der Waals surface area contributed by atoms with Crippen molar-refractivity contribution in [3.63, 3.8) is 0 Å². The molecule has 17 heavy (non-hydrogen) atoms. The summed E-state index contributed by atoms with van der Waals surface area (Å²) in [5.41, 5.74) is 0.634. The highest BCUT2D eigenvalue weighted by molar-refractivity contribution is 9.09. The van der Waals surface area contributed by atoms with Crippen LogP contribution in [0.4, 0.5) is 8.78 Å². The predicted octanol–water partition coefficient (Wildman–Crippen LogP) is 4.71. The van der Waals surface area contributed by atoms with Crippen molar-refractivity contribution in [2.24, 2.45) is 11.8 Å². The van der Waals surface area contributed by atoms with Crippen molar-refractivity contribution in [1.29, 1.82) is 0 Å². The van der Waals surface area contributed by atoms with Crippen LogP contribution in [0, 0.1) is 23.5 Å². The Kier molecular flexibility index (Phi) is 4.18. The van der Waals surface area contributed by atoms with Gasteiger partial charge >= 0.3 is 0 Å². The van der Waals surface area contributed by atoms with E-state index >= 15 is 0 Å². The van der Waals surface area contributed by atoms with Crippen molar-refractivity contribution in [2.75, 3.05) is 0 Å². The standard InChI is InChI=1S/C14H17BrF2/c1-9-2-5-13(15)11(6-9)7-10-3-4-12(16)8-14(10)17/h3-4,8-9,11,13H,2,5-7H2,1H3. The van der Waals surface area contributed by atoms with E-state index in [0.717, 1.165) is 18.9 Å². The lowest BCUT2D eigenvalue weighted by Gasteiger charge is -2.31. The first kappa shape index (κ1) is 13.0. The summed E-state index contributed by atoms with van der Waals surface area (Å²) in [5, 5.41) is 0. The van der Waals surface area contributed by atoms with E-state index in [-0.39, 0.29) is 0 Å². The average molecular weight is 303 g/mol. The lowest BCUT2D eigenvalue weighted by atomic mass is 9.79. The minimum atomic E-state index is -0.501. The molecule has 0 nitrogen and oxygen atoms in total. The molecule has 2 rings (SSSR count). The molecule has 1 aliphatic rings. The molecule has 3 atom stereocenters. The lowest BCUT2D eigenvalue weighted by molar-refractivity contribution is 0.292. The van der Waals surface area contributed by atoms with Crippen LogP contribution in [0.3, 0.4) is 0 Å². The Hall–Kier alpha value is -0.440. The van der Waals surface area contributed by atoms with Gasteiger partial charge in [0, 0.05) is 10.9 Å². The van der Waals surface area contributed by atoms with Gasteiger partial charge in [-0.15, -0.1) is 0 Å². The average Bonchev–Trinajstić information content (AvgIpc) is 2.27. The van der Waals surface area contributed by atoms with Gasteiger partial charge in [0.1, 0.15) is 11.6 Å². The van der Waals surface area contributed by atoms with E-state index in [1.165, 1.54) is 12.5 Å². The molecule has 0 amide bonds. The zero-order valence-electron chi connectivity index (χ0n) is 9.93. The van der Waals surface area contributed by atoms with E-state index in [4.69, 9.17) is 0 Å². The second-order valence-electron chi connectivity index (χ2n) is 5.13. The van der Waals surface area contributed by atoms with Crippen molar-refractivity contribution in [1.82, 2.24) is 0 Å². The molecule has 3 heteroatoms. The van der Waals surface area contributed by atoms with Gasteiger partial charge in [0.15, 0.2) is 0 Å². The smallest absolute Gasteiger partial charge is 0.129 e. The van der Waals surface area contributed by atoms with Crippen LogP contribution in [-0.2, 0) is 6.42 Å². The molecule has 0 saturated heterocycles. The van der Waals surface area contributed by atoms with Crippen LogP contribution in [0.25, 0.3) is 0 Å². The second kappa shape index (κ2) is 5.47. The van der Waals surface area contributed by atoms with Crippen molar-refractivity contribution in [3.05, 3.63) is 35.4 Å². The number of benzene rings is 1. The van der Waals surface area contributed by atoms with Crippen LogP contribution < -0.4 is 0 Å². The van der Waals surface area contributed by atoms with Gasteiger partial charge in [0.05, 0.1) is 0 Å². The van der Waals surface area contributed by atoms with Gasteiger partial charge in [-0.1, -0.05) is 28.9 Å². The van der Waals surface area contributed by atoms with Crippen LogP contribution in [0.2, 0.25) is 0 Å². The zero-order chi connectivity index (χ0) is 12.4. The number of alkyl halides is 1. The Morgan fingerprint density at radius 1 is 1.29 bits per heavy atom. The third-order valence-electron chi connectivity index (χ3n) is 3.65. The molecular weight excluding hydrogens is 286 g/mol. The number of hydrogen-bond donors (Lipinski definition) is 0. The summed E-state index contributed by atoms with van der Waals surface area (Å²) in [6.45, 7) is 2.24. The molecule has 0 N–H and O–H groups in total. The molecule has 1 aromatic carbocycles. The maximum atomic E-state index is 13.6. The monoisotopic (exact) mass is 302 g/mol. The fourth-order valence-electron chi connectivity index (χ4n) is 2.64. The van der Waals surface area contributed by atoms with Gasteiger partial charge < -0.3 is 0 Å². The van der Waals surface area contributed by atoms with Crippen LogP contribution in [0.5, 0.6) is 0 Å². The highest BCUT2D eigenvalue weighted by atomic mass is 79.9. The van der Waals surface area contributed by atoms with Gasteiger partial charge in [-0.25, -0.2) is 8.78 Å². The van der Waals surface area contributed by atoms with Crippen LogP contribution in [-0.4, -0.2) is 4.83 Å². The summed E-state index contributed by atoms with van der Waals surface area (Å²) in [5.74, 6) is 0.248. The summed E-state index contributed by atoms with van der Waals surface area (Å²) >= 11 is 3.68. The van der Waals surface area contributed by atoms with Gasteiger partial charge in [0.2, 0.25) is 0 Å². The van der Waals surface area contributed by atoms with E-state index in [1.807, 2.05) is 0 Å². The second-order valence-corrected chi connectivity index (χ2v) is 6.31. The summed E-state index contributed by atoms with van der Waals surface area (Å²) in [6, 6.07) is 3.89. The third-order valence-corrected chi connectivity index (χ3v) is 4.85. The van der Waals surface area contributed by atoms with E-state index in [0.29, 0.717) is 28.6 Å². The summed E-state index contributed by atoms with van der Waals surface area (Å²) in [6.07, 6.45) is 4.20. The molecule has 0 spiro atoms. The number of halogens is 3. The molecule has 1 saturated carbocycles. The van der Waals surface area contributed by atoms with Gasteiger partial charge in [-0.3, -0.25) is 0 Å². The summed E-state index contributed by atoms with van der Waals surface area (Å²) in [7, 11) is 0. The minimum Gasteiger partial charge on any atom is -0.207 e. The van der Waals surface area contributed by atoms with Crippen molar-refractivity contribution in [2.45, 2.75) is 37.4 Å². The van der Waals surface area contributed by atoms with Gasteiger partial charge in [0.25, 0.3) is 0 Å². The summed E-state index contributed by atoms with van der Waals surface area (Å²) in [4.78, 5) is 0.461. The Bertz CT molecular complexity index is 392. The summed E-state index contributed by atoms with van der Waals surface area (Å²) < 4.78 is 26.4. The number of rotatable bonds is 2. The van der Waals surface area contributed by atoms with E-state index < -0.39 is 11.6 Å². The van der Waals surface area contributed by atoms with Crippen molar-refractivity contribution >= 4 is 15.9 Å². The molecule has 94 valence electrons. The molecule has 0 heterocycles. The molecule has 0 bridgehead atoms. The van der Waals surface area contributed by atoms with E-state index in [1.54, 1.807) is 6.07 Å². The maximum absolute atomic E-state index is 13.6. The highest BCUT2D eigenvalue weighted by Crippen LogP contribution is 2.35. The zero-order valence-corrected chi connectivity index (χ0v) is 11.5.